The van der Waals surface area contributed by atoms with E-state index in [0.29, 0.717) is 28.3 Å². The number of aromatic nitrogens is 1. The third-order valence-electron chi connectivity index (χ3n) is 2.93. The van der Waals surface area contributed by atoms with Gasteiger partial charge in [0.15, 0.2) is 6.61 Å². The van der Waals surface area contributed by atoms with Gasteiger partial charge in [-0.15, -0.1) is 0 Å². The summed E-state index contributed by atoms with van der Waals surface area (Å²) in [7, 11) is 1.50. The van der Waals surface area contributed by atoms with E-state index in [2.05, 4.69) is 11.1 Å². The number of carboxylic acids is 1. The van der Waals surface area contributed by atoms with Crippen molar-refractivity contribution in [3.63, 3.8) is 0 Å². The molecule has 0 saturated heterocycles. The van der Waals surface area contributed by atoms with Gasteiger partial charge < -0.3 is 14.6 Å². The zero-order valence-electron chi connectivity index (χ0n) is 12.4. The number of ether oxygens (including phenoxy) is 2. The van der Waals surface area contributed by atoms with E-state index >= 15 is 0 Å². The molecule has 1 aromatic carbocycles. The Labute approximate surface area is 133 Å². The van der Waals surface area contributed by atoms with Crippen LogP contribution in [0.1, 0.15) is 11.3 Å². The highest BCUT2D eigenvalue weighted by atomic mass is 16.5. The normalized spacial score (nSPS) is 10.7. The lowest BCUT2D eigenvalue weighted by Gasteiger charge is -2.10. The topological polar surface area (TPSA) is 92.4 Å². The molecule has 1 heterocycles. The molecule has 0 aliphatic carbocycles. The number of benzene rings is 1. The van der Waals surface area contributed by atoms with Gasteiger partial charge in [-0.25, -0.2) is 4.79 Å². The molecule has 23 heavy (non-hydrogen) atoms. The lowest BCUT2D eigenvalue weighted by Crippen LogP contribution is -2.10. The zero-order chi connectivity index (χ0) is 16.7. The number of aliphatic carboxylic acids is 1. The molecule has 0 spiro atoms. The van der Waals surface area contributed by atoms with Gasteiger partial charge in [-0.1, -0.05) is 6.07 Å². The molecule has 0 radical (unpaired) electrons. The van der Waals surface area contributed by atoms with Gasteiger partial charge in [0.05, 0.1) is 18.4 Å². The third-order valence-corrected chi connectivity index (χ3v) is 2.93. The molecule has 0 fully saturated rings. The first-order valence-electron chi connectivity index (χ1n) is 6.70. The van der Waals surface area contributed by atoms with Crippen molar-refractivity contribution in [1.29, 1.82) is 5.26 Å². The maximum Gasteiger partial charge on any atom is 0.341 e. The fraction of sp³-hybridized carbons (Fsp3) is 0.118. The fourth-order valence-electron chi connectivity index (χ4n) is 1.87. The van der Waals surface area contributed by atoms with Crippen molar-refractivity contribution >= 4 is 17.6 Å². The number of rotatable bonds is 6. The van der Waals surface area contributed by atoms with Gasteiger partial charge in [-0.05, 0) is 30.3 Å². The maximum absolute atomic E-state index is 10.7. The molecule has 116 valence electrons. The smallest absolute Gasteiger partial charge is 0.341 e. The van der Waals surface area contributed by atoms with E-state index in [9.17, 15) is 10.1 Å². The van der Waals surface area contributed by atoms with Gasteiger partial charge >= 0.3 is 5.97 Å². The Morgan fingerprint density at radius 3 is 2.83 bits per heavy atom. The predicted octanol–water partition coefficient (Wildman–Crippen LogP) is 2.62. The van der Waals surface area contributed by atoms with Gasteiger partial charge in [0.1, 0.15) is 17.6 Å². The molecule has 0 bridgehead atoms. The molecule has 0 aliphatic rings. The number of hydrogen-bond acceptors (Lipinski definition) is 5. The van der Waals surface area contributed by atoms with E-state index in [1.165, 1.54) is 7.11 Å². The molecule has 1 N–H and O–H groups in total. The number of pyridine rings is 1. The lowest BCUT2D eigenvalue weighted by molar-refractivity contribution is -0.139. The van der Waals surface area contributed by atoms with Crippen molar-refractivity contribution < 1.29 is 19.4 Å². The third kappa shape index (κ3) is 4.32. The van der Waals surface area contributed by atoms with Crippen molar-refractivity contribution in [2.45, 2.75) is 0 Å². The zero-order valence-corrected chi connectivity index (χ0v) is 12.4. The predicted molar refractivity (Wildman–Crippen MR) is 83.8 cm³/mol. The van der Waals surface area contributed by atoms with Crippen LogP contribution < -0.4 is 9.47 Å². The summed E-state index contributed by atoms with van der Waals surface area (Å²) >= 11 is 0. The van der Waals surface area contributed by atoms with Crippen LogP contribution in [0.15, 0.2) is 42.6 Å². The molecular formula is C17H14N2O4. The summed E-state index contributed by atoms with van der Waals surface area (Å²) in [6, 6.07) is 12.3. The summed E-state index contributed by atoms with van der Waals surface area (Å²) in [5, 5.41) is 18.1. The molecule has 1 aromatic heterocycles. The van der Waals surface area contributed by atoms with Crippen LogP contribution in [0.25, 0.3) is 11.6 Å². The quantitative estimate of drug-likeness (QED) is 0.824. The minimum absolute atomic E-state index is 0.315. The molecule has 2 aromatic rings. The standard InChI is InChI=1S/C17H14N2O4/c1-22-14-6-5-12(16(9-14)23-11-17(20)21)8-13(10-18)15-4-2-3-7-19-15/h2-9H,11H2,1H3,(H,20,21)/b13-8+. The van der Waals surface area contributed by atoms with Crippen LogP contribution in [0.3, 0.4) is 0 Å². The van der Waals surface area contributed by atoms with Crippen molar-refractivity contribution in [2.75, 3.05) is 13.7 Å². The Morgan fingerprint density at radius 1 is 1.39 bits per heavy atom. The van der Waals surface area contributed by atoms with E-state index in [1.54, 1.807) is 48.7 Å². The van der Waals surface area contributed by atoms with Crippen LogP contribution in [0, 0.1) is 11.3 Å². The first-order valence-corrected chi connectivity index (χ1v) is 6.70. The van der Waals surface area contributed by atoms with Crippen LogP contribution in [0.2, 0.25) is 0 Å². The van der Waals surface area contributed by atoms with Crippen molar-refractivity contribution in [3.8, 4) is 17.6 Å². The highest BCUT2D eigenvalue weighted by molar-refractivity contribution is 5.89. The molecule has 0 unspecified atom stereocenters. The van der Waals surface area contributed by atoms with E-state index in [1.807, 2.05) is 0 Å². The Morgan fingerprint density at radius 2 is 2.22 bits per heavy atom. The van der Waals surface area contributed by atoms with Gasteiger partial charge in [-0.2, -0.15) is 5.26 Å². The highest BCUT2D eigenvalue weighted by Crippen LogP contribution is 2.28. The first kappa shape index (κ1) is 16.0. The number of allylic oxidation sites excluding steroid dienone is 1. The Balaban J connectivity index is 2.42. The monoisotopic (exact) mass is 310 g/mol. The molecule has 6 heteroatoms. The first-order chi connectivity index (χ1) is 11.1. The summed E-state index contributed by atoms with van der Waals surface area (Å²) in [4.78, 5) is 14.8. The molecule has 0 amide bonds. The van der Waals surface area contributed by atoms with Crippen LogP contribution >= 0.6 is 0 Å². The molecular weight excluding hydrogens is 296 g/mol. The minimum atomic E-state index is -1.09. The Hall–Kier alpha value is -3.33. The van der Waals surface area contributed by atoms with Gasteiger partial charge in [0.2, 0.25) is 0 Å². The summed E-state index contributed by atoms with van der Waals surface area (Å²) in [5.41, 5.74) is 1.43. The van der Waals surface area contributed by atoms with Crippen molar-refractivity contribution in [3.05, 3.63) is 53.9 Å². The summed E-state index contributed by atoms with van der Waals surface area (Å²) in [6.45, 7) is -0.487. The summed E-state index contributed by atoms with van der Waals surface area (Å²) < 4.78 is 10.4. The lowest BCUT2D eigenvalue weighted by atomic mass is 10.1. The number of nitriles is 1. The average molecular weight is 310 g/mol. The molecule has 0 saturated carbocycles. The Kier molecular flexibility index (Phi) is 5.31. The van der Waals surface area contributed by atoms with Crippen LogP contribution in [0.4, 0.5) is 0 Å². The second kappa shape index (κ2) is 7.61. The van der Waals surface area contributed by atoms with Crippen LogP contribution in [-0.4, -0.2) is 29.8 Å². The highest BCUT2D eigenvalue weighted by Gasteiger charge is 2.09. The van der Waals surface area contributed by atoms with Gasteiger partial charge in [-0.3, -0.25) is 4.98 Å². The molecule has 2 rings (SSSR count). The van der Waals surface area contributed by atoms with Crippen LogP contribution in [-0.2, 0) is 4.79 Å². The SMILES string of the molecule is COc1ccc(/C=C(\C#N)c2ccccn2)c(OCC(=O)O)c1. The molecule has 6 nitrogen and oxygen atoms in total. The number of methoxy groups -OCH3 is 1. The molecule has 0 aliphatic heterocycles. The van der Waals surface area contributed by atoms with Crippen molar-refractivity contribution in [1.82, 2.24) is 4.98 Å². The summed E-state index contributed by atoms with van der Waals surface area (Å²) in [5.74, 6) is -0.248. The minimum Gasteiger partial charge on any atom is -0.497 e. The second-order valence-electron chi connectivity index (χ2n) is 4.47. The largest absolute Gasteiger partial charge is 0.497 e. The van der Waals surface area contributed by atoms with E-state index in [-0.39, 0.29) is 0 Å². The summed E-state index contributed by atoms with van der Waals surface area (Å²) in [6.07, 6.45) is 3.19. The fourth-order valence-corrected chi connectivity index (χ4v) is 1.87. The van der Waals surface area contributed by atoms with E-state index in [0.717, 1.165) is 0 Å². The molecule has 0 atom stereocenters. The number of nitrogens with zero attached hydrogens (tertiary/aromatic N) is 2. The van der Waals surface area contributed by atoms with Gasteiger partial charge in [0.25, 0.3) is 0 Å². The maximum atomic E-state index is 10.7. The van der Waals surface area contributed by atoms with E-state index in [4.69, 9.17) is 14.6 Å². The van der Waals surface area contributed by atoms with Crippen molar-refractivity contribution in [2.24, 2.45) is 0 Å². The average Bonchev–Trinajstić information content (AvgIpc) is 2.59. The number of carboxylic acid groups (broad SMARTS) is 1. The Bertz CT molecular complexity index is 764. The number of hydrogen-bond donors (Lipinski definition) is 1. The second-order valence-corrected chi connectivity index (χ2v) is 4.47. The van der Waals surface area contributed by atoms with E-state index < -0.39 is 12.6 Å². The van der Waals surface area contributed by atoms with Gasteiger partial charge in [0, 0.05) is 17.8 Å². The van der Waals surface area contributed by atoms with Crippen LogP contribution in [0.5, 0.6) is 11.5 Å². The number of carbonyl (C=O) groups is 1.